The first-order valence-electron chi connectivity index (χ1n) is 9.28. The molecule has 0 spiro atoms. The fraction of sp³-hybridized carbons (Fsp3) is 0.706. The molecule has 1 aliphatic rings. The number of thiol groups is 1. The molecule has 7 N–H and O–H groups in total. The Hall–Kier alpha value is -2.34. The Bertz CT molecular complexity index is 658. The lowest BCUT2D eigenvalue weighted by molar-refractivity contribution is -0.149. The molecule has 0 aliphatic carbocycles. The van der Waals surface area contributed by atoms with Crippen molar-refractivity contribution in [1.29, 1.82) is 0 Å². The second-order valence-electron chi connectivity index (χ2n) is 7.27. The summed E-state index contributed by atoms with van der Waals surface area (Å²) in [7, 11) is 0. The van der Waals surface area contributed by atoms with Gasteiger partial charge in [0.25, 0.3) is 0 Å². The van der Waals surface area contributed by atoms with Crippen molar-refractivity contribution in [3.05, 3.63) is 0 Å². The zero-order valence-corrected chi connectivity index (χ0v) is 17.4. The molecule has 0 aromatic carbocycles. The number of nitrogens with zero attached hydrogens (tertiary/aromatic N) is 1. The van der Waals surface area contributed by atoms with Gasteiger partial charge in [0.1, 0.15) is 18.1 Å². The van der Waals surface area contributed by atoms with Crippen LogP contribution in [0.4, 0.5) is 0 Å². The van der Waals surface area contributed by atoms with Crippen LogP contribution in [-0.4, -0.2) is 76.1 Å². The van der Waals surface area contributed by atoms with E-state index in [-0.39, 0.29) is 18.2 Å². The van der Waals surface area contributed by atoms with Gasteiger partial charge in [-0.1, -0.05) is 13.8 Å². The van der Waals surface area contributed by atoms with Crippen LogP contribution in [0.5, 0.6) is 0 Å². The van der Waals surface area contributed by atoms with E-state index in [1.54, 1.807) is 13.8 Å². The molecule has 4 unspecified atom stereocenters. The monoisotopic (exact) mass is 431 g/mol. The van der Waals surface area contributed by atoms with Gasteiger partial charge in [0.2, 0.25) is 23.6 Å². The Morgan fingerprint density at radius 1 is 1.14 bits per heavy atom. The highest BCUT2D eigenvalue weighted by Crippen LogP contribution is 2.19. The van der Waals surface area contributed by atoms with Crippen molar-refractivity contribution in [2.24, 2.45) is 17.4 Å². The van der Waals surface area contributed by atoms with E-state index in [0.717, 1.165) is 0 Å². The van der Waals surface area contributed by atoms with Gasteiger partial charge in [-0.05, 0) is 18.8 Å². The van der Waals surface area contributed by atoms with Crippen LogP contribution >= 0.6 is 12.6 Å². The molecule has 4 atom stereocenters. The number of carbonyl (C=O) groups excluding carboxylic acids is 4. The number of hydrogen-bond acceptors (Lipinski definition) is 7. The second kappa shape index (κ2) is 11.0. The Morgan fingerprint density at radius 3 is 2.21 bits per heavy atom. The zero-order valence-electron chi connectivity index (χ0n) is 16.5. The molecular formula is C17H29N5O6S. The Morgan fingerprint density at radius 2 is 1.72 bits per heavy atom. The SMILES string of the molecule is CC(C)C(N)C(=O)NC(CC(N)=O)C(=O)NC(CS)C(=O)N1CCCC1C(=O)O. The van der Waals surface area contributed by atoms with Gasteiger partial charge in [-0.3, -0.25) is 19.2 Å². The molecule has 1 fully saturated rings. The highest BCUT2D eigenvalue weighted by atomic mass is 32.1. The van der Waals surface area contributed by atoms with Crippen LogP contribution in [0.15, 0.2) is 0 Å². The smallest absolute Gasteiger partial charge is 0.326 e. The highest BCUT2D eigenvalue weighted by Gasteiger charge is 2.38. The van der Waals surface area contributed by atoms with E-state index >= 15 is 0 Å². The number of aliphatic carboxylic acids is 1. The molecule has 12 heteroatoms. The molecule has 1 rings (SSSR count). The van der Waals surface area contributed by atoms with Crippen molar-refractivity contribution >= 4 is 42.2 Å². The summed E-state index contributed by atoms with van der Waals surface area (Å²) >= 11 is 4.06. The fourth-order valence-corrected chi connectivity index (χ4v) is 3.17. The summed E-state index contributed by atoms with van der Waals surface area (Å²) in [5.41, 5.74) is 10.9. The number of nitrogens with one attached hydrogen (secondary N) is 2. The maximum absolute atomic E-state index is 12.7. The van der Waals surface area contributed by atoms with Gasteiger partial charge in [-0.2, -0.15) is 12.6 Å². The average molecular weight is 432 g/mol. The van der Waals surface area contributed by atoms with Gasteiger partial charge >= 0.3 is 5.97 Å². The lowest BCUT2D eigenvalue weighted by Gasteiger charge is -2.28. The van der Waals surface area contributed by atoms with Gasteiger partial charge in [0.15, 0.2) is 0 Å². The number of amides is 4. The minimum atomic E-state index is -1.33. The Labute approximate surface area is 174 Å². The van der Waals surface area contributed by atoms with E-state index in [1.807, 2.05) is 0 Å². The molecule has 0 aromatic heterocycles. The summed E-state index contributed by atoms with van der Waals surface area (Å²) in [5, 5.41) is 14.0. The van der Waals surface area contributed by atoms with Gasteiger partial charge in [-0.15, -0.1) is 0 Å². The minimum absolute atomic E-state index is 0.101. The normalized spacial score (nSPS) is 19.3. The van der Waals surface area contributed by atoms with E-state index in [4.69, 9.17) is 11.5 Å². The van der Waals surface area contributed by atoms with Gasteiger partial charge < -0.3 is 32.1 Å². The number of rotatable bonds is 10. The zero-order chi connectivity index (χ0) is 22.3. The van der Waals surface area contributed by atoms with Crippen molar-refractivity contribution in [3.63, 3.8) is 0 Å². The summed E-state index contributed by atoms with van der Waals surface area (Å²) in [5.74, 6) is -4.31. The van der Waals surface area contributed by atoms with Gasteiger partial charge in [0.05, 0.1) is 12.5 Å². The average Bonchev–Trinajstić information content (AvgIpc) is 3.13. The first-order chi connectivity index (χ1) is 13.5. The first kappa shape index (κ1) is 24.7. The maximum atomic E-state index is 12.7. The fourth-order valence-electron chi connectivity index (χ4n) is 2.93. The van der Waals surface area contributed by atoms with Crippen molar-refractivity contribution in [3.8, 4) is 0 Å². The molecule has 29 heavy (non-hydrogen) atoms. The maximum Gasteiger partial charge on any atom is 0.326 e. The van der Waals surface area contributed by atoms with E-state index < -0.39 is 60.2 Å². The van der Waals surface area contributed by atoms with Crippen molar-refractivity contribution in [1.82, 2.24) is 15.5 Å². The summed E-state index contributed by atoms with van der Waals surface area (Å²) in [6.45, 7) is 3.69. The van der Waals surface area contributed by atoms with Crippen LogP contribution in [-0.2, 0) is 24.0 Å². The molecular weight excluding hydrogens is 402 g/mol. The van der Waals surface area contributed by atoms with E-state index in [0.29, 0.717) is 12.8 Å². The summed E-state index contributed by atoms with van der Waals surface area (Å²) in [6, 6.07) is -4.32. The number of carboxylic acids is 1. The van der Waals surface area contributed by atoms with Crippen LogP contribution in [0.25, 0.3) is 0 Å². The molecule has 164 valence electrons. The molecule has 0 radical (unpaired) electrons. The van der Waals surface area contributed by atoms with Gasteiger partial charge in [0, 0.05) is 12.3 Å². The van der Waals surface area contributed by atoms with Gasteiger partial charge in [-0.25, -0.2) is 4.79 Å². The second-order valence-corrected chi connectivity index (χ2v) is 7.64. The number of carboxylic acid groups (broad SMARTS) is 1. The van der Waals surface area contributed by atoms with E-state index in [1.165, 1.54) is 4.90 Å². The van der Waals surface area contributed by atoms with Crippen LogP contribution in [0, 0.1) is 5.92 Å². The largest absolute Gasteiger partial charge is 0.480 e. The quantitative estimate of drug-likeness (QED) is 0.212. The predicted octanol–water partition coefficient (Wildman–Crippen LogP) is -2.18. The van der Waals surface area contributed by atoms with Crippen LogP contribution < -0.4 is 22.1 Å². The third-order valence-electron chi connectivity index (χ3n) is 4.68. The predicted molar refractivity (Wildman–Crippen MR) is 107 cm³/mol. The molecule has 4 amide bonds. The number of primary amides is 1. The van der Waals surface area contributed by atoms with Crippen molar-refractivity contribution < 1.29 is 29.1 Å². The molecule has 1 aliphatic heterocycles. The Balaban J connectivity index is 2.89. The van der Waals surface area contributed by atoms with Crippen molar-refractivity contribution in [2.45, 2.75) is 57.3 Å². The lowest BCUT2D eigenvalue weighted by atomic mass is 10.0. The number of nitrogens with two attached hydrogens (primary N) is 2. The van der Waals surface area contributed by atoms with Crippen LogP contribution in [0.1, 0.15) is 33.1 Å². The highest BCUT2D eigenvalue weighted by molar-refractivity contribution is 7.80. The number of likely N-dealkylation sites (tertiary alicyclic amines) is 1. The van der Waals surface area contributed by atoms with E-state index in [2.05, 4.69) is 23.3 Å². The summed E-state index contributed by atoms with van der Waals surface area (Å²) < 4.78 is 0. The number of hydrogen-bond donors (Lipinski definition) is 6. The van der Waals surface area contributed by atoms with Crippen molar-refractivity contribution in [2.75, 3.05) is 12.3 Å². The van der Waals surface area contributed by atoms with Crippen LogP contribution in [0.3, 0.4) is 0 Å². The molecule has 0 bridgehead atoms. The molecule has 0 aromatic rings. The Kier molecular flexibility index (Phi) is 9.37. The summed E-state index contributed by atoms with van der Waals surface area (Å²) in [6.07, 6.45) is 0.364. The topological polar surface area (TPSA) is 185 Å². The molecule has 1 heterocycles. The minimum Gasteiger partial charge on any atom is -0.480 e. The first-order valence-corrected chi connectivity index (χ1v) is 9.91. The third kappa shape index (κ3) is 6.89. The molecule has 11 nitrogen and oxygen atoms in total. The summed E-state index contributed by atoms with van der Waals surface area (Å²) in [4.78, 5) is 61.3. The number of carbonyl (C=O) groups is 5. The standard InChI is InChI=1S/C17H29N5O6S/c1-8(2)13(19)15(25)20-9(6-12(18)23)14(24)21-10(7-29)16(26)22-5-3-4-11(22)17(27)28/h8-11,13,29H,3-7,19H2,1-2H3,(H2,18,23)(H,20,25)(H,21,24)(H,27,28). The third-order valence-corrected chi connectivity index (χ3v) is 5.04. The molecule has 1 saturated heterocycles. The lowest BCUT2D eigenvalue weighted by Crippen LogP contribution is -2.58. The molecule has 0 saturated carbocycles. The van der Waals surface area contributed by atoms with Crippen LogP contribution in [0.2, 0.25) is 0 Å². The van der Waals surface area contributed by atoms with E-state index in [9.17, 15) is 29.1 Å².